The summed E-state index contributed by atoms with van der Waals surface area (Å²) >= 11 is 0. The van der Waals surface area contributed by atoms with Crippen LogP contribution < -0.4 is 0 Å². The van der Waals surface area contributed by atoms with E-state index in [2.05, 4.69) is 0 Å². The van der Waals surface area contributed by atoms with Crippen LogP contribution in [-0.2, 0) is 4.74 Å². The van der Waals surface area contributed by atoms with Gasteiger partial charge in [-0.25, -0.2) is 26.7 Å². The number of phenolic OH excluding ortho intramolecular Hbond substituents is 1. The van der Waals surface area contributed by atoms with Crippen LogP contribution in [0.3, 0.4) is 0 Å². The summed E-state index contributed by atoms with van der Waals surface area (Å²) in [6.07, 6.45) is 0.317. The van der Waals surface area contributed by atoms with Crippen molar-refractivity contribution in [3.8, 4) is 16.9 Å². The van der Waals surface area contributed by atoms with E-state index in [0.29, 0.717) is 25.7 Å². The Kier molecular flexibility index (Phi) is 8.54. The predicted octanol–water partition coefficient (Wildman–Crippen LogP) is 7.61. The number of benzene rings is 3. The molecule has 1 aliphatic rings. The topological polar surface area (TPSA) is 66.8 Å². The lowest BCUT2D eigenvalue weighted by molar-refractivity contribution is 0.0188. The number of carbonyl (C=O) groups is 1. The molecule has 3 aromatic carbocycles. The van der Waals surface area contributed by atoms with Crippen molar-refractivity contribution < 1.29 is 46.1 Å². The minimum Gasteiger partial charge on any atom is -0.505 e. The molecule has 10 heteroatoms. The van der Waals surface area contributed by atoms with Gasteiger partial charge in [-0.15, -0.1) is 0 Å². The maximum absolute atomic E-state index is 14.8. The lowest BCUT2D eigenvalue weighted by Crippen LogP contribution is -2.25. The van der Waals surface area contributed by atoms with Gasteiger partial charge < -0.3 is 14.9 Å². The lowest BCUT2D eigenvalue weighted by Gasteiger charge is -2.29. The van der Waals surface area contributed by atoms with Crippen LogP contribution in [0.5, 0.6) is 5.75 Å². The van der Waals surface area contributed by atoms with E-state index in [-0.39, 0.29) is 29.9 Å². The minimum atomic E-state index is -1.63. The molecule has 0 radical (unpaired) electrons. The zero-order chi connectivity index (χ0) is 28.4. The monoisotopic (exact) mass is 552 g/mol. The molecule has 0 amide bonds. The molecule has 1 unspecified atom stereocenters. The summed E-state index contributed by atoms with van der Waals surface area (Å²) in [4.78, 5) is 12.6. The molecule has 0 saturated heterocycles. The highest BCUT2D eigenvalue weighted by Gasteiger charge is 2.30. The van der Waals surface area contributed by atoms with Gasteiger partial charge in [0.2, 0.25) is 5.82 Å². The molecule has 2 N–H and O–H groups in total. The molecule has 3 aromatic rings. The molecule has 1 saturated carbocycles. The van der Waals surface area contributed by atoms with E-state index in [9.17, 15) is 41.4 Å². The van der Waals surface area contributed by atoms with Crippen LogP contribution in [0.1, 0.15) is 79.0 Å². The normalized spacial score (nSPS) is 18.2. The van der Waals surface area contributed by atoms with Gasteiger partial charge in [-0.2, -0.15) is 4.39 Å². The summed E-state index contributed by atoms with van der Waals surface area (Å²) in [5.41, 5.74) is -1.97. The SMILES string of the molecule is CCCC(O)c1ccc(C2CCC(OC(=O)c3ccc(-c4ccc(O)c(F)c4F)c(F)c3F)CC2)c(F)c1F. The van der Waals surface area contributed by atoms with Crippen LogP contribution in [0.4, 0.5) is 26.3 Å². The second-order valence-electron chi connectivity index (χ2n) is 9.60. The van der Waals surface area contributed by atoms with E-state index in [1.54, 1.807) is 0 Å². The summed E-state index contributed by atoms with van der Waals surface area (Å²) in [6.45, 7) is 1.82. The first-order chi connectivity index (χ1) is 18.5. The molecule has 0 spiro atoms. The summed E-state index contributed by atoms with van der Waals surface area (Å²) in [5.74, 6) is -11.0. The van der Waals surface area contributed by atoms with Crippen molar-refractivity contribution in [1.82, 2.24) is 0 Å². The van der Waals surface area contributed by atoms with Gasteiger partial charge in [0.25, 0.3) is 0 Å². The molecule has 1 atom stereocenters. The molecule has 1 fully saturated rings. The second kappa shape index (κ2) is 11.7. The maximum atomic E-state index is 14.8. The number of hydrogen-bond acceptors (Lipinski definition) is 4. The van der Waals surface area contributed by atoms with E-state index >= 15 is 0 Å². The van der Waals surface area contributed by atoms with Crippen molar-refractivity contribution in [3.63, 3.8) is 0 Å². The Hall–Kier alpha value is -3.53. The van der Waals surface area contributed by atoms with Gasteiger partial charge in [-0.1, -0.05) is 31.5 Å². The van der Waals surface area contributed by atoms with Crippen LogP contribution in [0.15, 0.2) is 36.4 Å². The Bertz CT molecular complexity index is 1380. The van der Waals surface area contributed by atoms with Crippen LogP contribution in [-0.4, -0.2) is 22.3 Å². The Morgan fingerprint density at radius 3 is 2.08 bits per heavy atom. The van der Waals surface area contributed by atoms with Gasteiger partial charge in [0.1, 0.15) is 6.10 Å². The number of phenols is 1. The summed E-state index contributed by atoms with van der Waals surface area (Å²) in [5, 5.41) is 19.3. The smallest absolute Gasteiger partial charge is 0.341 e. The van der Waals surface area contributed by atoms with Gasteiger partial charge in [0.15, 0.2) is 34.8 Å². The molecular weight excluding hydrogens is 526 g/mol. The third-order valence-corrected chi connectivity index (χ3v) is 7.11. The van der Waals surface area contributed by atoms with E-state index in [4.69, 9.17) is 4.74 Å². The van der Waals surface area contributed by atoms with E-state index in [1.807, 2.05) is 6.92 Å². The Balaban J connectivity index is 1.43. The van der Waals surface area contributed by atoms with Gasteiger partial charge >= 0.3 is 5.97 Å². The quantitative estimate of drug-likeness (QED) is 0.234. The molecule has 0 aliphatic heterocycles. The summed E-state index contributed by atoms with van der Waals surface area (Å²) < 4.78 is 91.9. The third kappa shape index (κ3) is 5.61. The molecular formula is C29H26F6O4. The fourth-order valence-electron chi connectivity index (χ4n) is 4.95. The largest absolute Gasteiger partial charge is 0.505 e. The highest BCUT2D eigenvalue weighted by molar-refractivity contribution is 5.90. The fraction of sp³-hybridized carbons (Fsp3) is 0.345. The average molecular weight is 553 g/mol. The van der Waals surface area contributed by atoms with Gasteiger partial charge in [0, 0.05) is 16.7 Å². The predicted molar refractivity (Wildman–Crippen MR) is 130 cm³/mol. The van der Waals surface area contributed by atoms with Crippen LogP contribution in [0.25, 0.3) is 11.1 Å². The van der Waals surface area contributed by atoms with Crippen LogP contribution >= 0.6 is 0 Å². The van der Waals surface area contributed by atoms with Gasteiger partial charge in [0.05, 0.1) is 11.7 Å². The number of aromatic hydroxyl groups is 1. The van der Waals surface area contributed by atoms with Crippen LogP contribution in [0.2, 0.25) is 0 Å². The number of aliphatic hydroxyl groups excluding tert-OH is 1. The number of carbonyl (C=O) groups excluding carboxylic acids is 1. The fourth-order valence-corrected chi connectivity index (χ4v) is 4.95. The van der Waals surface area contributed by atoms with E-state index in [1.165, 1.54) is 12.1 Å². The Morgan fingerprint density at radius 2 is 1.44 bits per heavy atom. The van der Waals surface area contributed by atoms with E-state index in [0.717, 1.165) is 24.3 Å². The third-order valence-electron chi connectivity index (χ3n) is 7.11. The average Bonchev–Trinajstić information content (AvgIpc) is 2.91. The van der Waals surface area contributed by atoms with Gasteiger partial charge in [-0.05, 0) is 61.8 Å². The Morgan fingerprint density at radius 1 is 0.821 bits per heavy atom. The van der Waals surface area contributed by atoms with Crippen molar-refractivity contribution in [2.45, 2.75) is 63.6 Å². The van der Waals surface area contributed by atoms with Crippen molar-refractivity contribution in [3.05, 3.63) is 88.0 Å². The Labute approximate surface area is 220 Å². The summed E-state index contributed by atoms with van der Waals surface area (Å²) in [6, 6.07) is 6.27. The second-order valence-corrected chi connectivity index (χ2v) is 9.60. The highest BCUT2D eigenvalue weighted by atomic mass is 19.2. The molecule has 208 valence electrons. The molecule has 0 aromatic heterocycles. The van der Waals surface area contributed by atoms with Crippen LogP contribution in [0, 0.1) is 34.9 Å². The number of hydrogen-bond donors (Lipinski definition) is 2. The summed E-state index contributed by atoms with van der Waals surface area (Å²) in [7, 11) is 0. The first kappa shape index (κ1) is 28.5. The van der Waals surface area contributed by atoms with Gasteiger partial charge in [-0.3, -0.25) is 0 Å². The first-order valence-corrected chi connectivity index (χ1v) is 12.6. The highest BCUT2D eigenvalue weighted by Crippen LogP contribution is 2.38. The standard InChI is InChI=1S/C29H26F6O4/c1-2-3-21(36)19-10-8-16(23(30)26(19)33)14-4-6-15(7-5-14)39-29(38)20-11-9-17(24(31)27(20)34)18-12-13-22(37)28(35)25(18)32/h8-15,21,36-37H,2-7H2,1H3. The zero-order valence-corrected chi connectivity index (χ0v) is 20.9. The lowest BCUT2D eigenvalue weighted by atomic mass is 9.82. The molecule has 4 nitrogen and oxygen atoms in total. The number of halogens is 6. The van der Waals surface area contributed by atoms with Crippen molar-refractivity contribution in [2.75, 3.05) is 0 Å². The zero-order valence-electron chi connectivity index (χ0n) is 20.9. The molecule has 39 heavy (non-hydrogen) atoms. The van der Waals surface area contributed by atoms with Crippen molar-refractivity contribution in [1.29, 1.82) is 0 Å². The minimum absolute atomic E-state index is 0.0979. The first-order valence-electron chi connectivity index (χ1n) is 12.6. The maximum Gasteiger partial charge on any atom is 0.341 e. The molecule has 1 aliphatic carbocycles. The molecule has 4 rings (SSSR count). The molecule has 0 bridgehead atoms. The van der Waals surface area contributed by atoms with E-state index < -0.39 is 75.5 Å². The van der Waals surface area contributed by atoms with Crippen molar-refractivity contribution >= 4 is 5.97 Å². The van der Waals surface area contributed by atoms with Crippen molar-refractivity contribution in [2.24, 2.45) is 0 Å². The number of ether oxygens (including phenoxy) is 1. The number of esters is 1. The number of aliphatic hydroxyl groups is 1. The number of rotatable bonds is 7. The molecule has 0 heterocycles.